The van der Waals surface area contributed by atoms with E-state index in [4.69, 9.17) is 27.3 Å². The Morgan fingerprint density at radius 3 is 2.18 bits per heavy atom. The quantitative estimate of drug-likeness (QED) is 0.351. The van der Waals surface area contributed by atoms with Crippen LogP contribution in [0.4, 0.5) is 0 Å². The first-order chi connectivity index (χ1) is 15.9. The van der Waals surface area contributed by atoms with Crippen LogP contribution in [0.1, 0.15) is 77.1 Å². The number of piperidine rings is 1. The van der Waals surface area contributed by atoms with Crippen LogP contribution in [0.2, 0.25) is 0 Å². The van der Waals surface area contributed by atoms with Gasteiger partial charge in [-0.2, -0.15) is 5.26 Å². The highest BCUT2D eigenvalue weighted by Gasteiger charge is 2.13. The Balaban J connectivity index is 0. The van der Waals surface area contributed by atoms with Crippen LogP contribution in [-0.2, 0) is 0 Å². The Hall–Kier alpha value is -2.78. The molecule has 6 nitrogen and oxygen atoms in total. The third kappa shape index (κ3) is 14.1. The maximum Gasteiger partial charge on any atom is 0.248 e. The van der Waals surface area contributed by atoms with Gasteiger partial charge in [-0.15, -0.1) is 0 Å². The highest BCUT2D eigenvalue weighted by atomic mass is 35.5. The van der Waals surface area contributed by atoms with Gasteiger partial charge in [0.25, 0.3) is 0 Å². The minimum atomic E-state index is -0.423. The Morgan fingerprint density at radius 1 is 1.21 bits per heavy atom. The van der Waals surface area contributed by atoms with Crippen molar-refractivity contribution in [2.45, 2.75) is 66.7 Å². The lowest BCUT2D eigenvalue weighted by atomic mass is 10.1. The van der Waals surface area contributed by atoms with Gasteiger partial charge in [-0.05, 0) is 56.0 Å². The van der Waals surface area contributed by atoms with Gasteiger partial charge in [0, 0.05) is 18.7 Å². The van der Waals surface area contributed by atoms with E-state index in [0.29, 0.717) is 5.56 Å². The molecule has 1 amide bonds. The zero-order valence-electron chi connectivity index (χ0n) is 21.2. The van der Waals surface area contributed by atoms with Crippen LogP contribution in [0, 0.1) is 11.3 Å². The molecule has 0 radical (unpaired) electrons. The minimum absolute atomic E-state index is 0.199. The number of hydrogen-bond acceptors (Lipinski definition) is 5. The Bertz CT molecular complexity index is 774. The third-order valence-electron chi connectivity index (χ3n) is 4.27. The number of allylic oxidation sites excluding steroid dienone is 2. The molecular weight excluding hydrogens is 436 g/mol. The third-order valence-corrected chi connectivity index (χ3v) is 4.58. The van der Waals surface area contributed by atoms with Gasteiger partial charge in [0.05, 0.1) is 12.7 Å². The number of rotatable bonds is 7. The number of carbonyl (C=O) groups excluding carboxylic acids is 1. The molecule has 1 aliphatic heterocycles. The standard InChI is InChI=1S/C14H20ClN3.C8H9NO2.2C2H6/c1-3-4-8-13(17-14(15)12(2)11-16)18-9-6-5-7-10-18;1-11-7-4-2-6(3-5-7)8(9)10;2*1-2/h8H,2-7,9-10H2,1H3;2-5H,1H3,(H2,9,10);2*1-2H3/b13-8+,17-14+;;;. The maximum absolute atomic E-state index is 10.6. The zero-order valence-corrected chi connectivity index (χ0v) is 21.9. The lowest BCUT2D eigenvalue weighted by Crippen LogP contribution is -2.28. The molecule has 0 unspecified atom stereocenters. The van der Waals surface area contributed by atoms with Crippen molar-refractivity contribution in [1.29, 1.82) is 5.26 Å². The van der Waals surface area contributed by atoms with Crippen LogP contribution in [0.3, 0.4) is 0 Å². The zero-order chi connectivity index (χ0) is 25.6. The Morgan fingerprint density at radius 2 is 1.76 bits per heavy atom. The van der Waals surface area contributed by atoms with Crippen molar-refractivity contribution < 1.29 is 9.53 Å². The van der Waals surface area contributed by atoms with Gasteiger partial charge in [0.2, 0.25) is 5.91 Å². The van der Waals surface area contributed by atoms with E-state index in [0.717, 1.165) is 37.5 Å². The molecule has 2 N–H and O–H groups in total. The van der Waals surface area contributed by atoms with Crippen LogP contribution in [0.25, 0.3) is 0 Å². The molecular formula is C26H41ClN4O2. The van der Waals surface area contributed by atoms with E-state index < -0.39 is 5.91 Å². The number of halogens is 1. The second-order valence-electron chi connectivity index (χ2n) is 6.48. The van der Waals surface area contributed by atoms with E-state index >= 15 is 0 Å². The molecule has 0 aliphatic carbocycles. The number of likely N-dealkylation sites (tertiary alicyclic amines) is 1. The molecule has 7 heteroatoms. The van der Waals surface area contributed by atoms with Gasteiger partial charge in [-0.3, -0.25) is 4.79 Å². The Kier molecular flexibility index (Phi) is 20.7. The topological polar surface area (TPSA) is 91.7 Å². The van der Waals surface area contributed by atoms with Crippen molar-refractivity contribution >= 4 is 22.7 Å². The van der Waals surface area contributed by atoms with Crippen molar-refractivity contribution in [1.82, 2.24) is 4.90 Å². The number of ether oxygens (including phenoxy) is 1. The van der Waals surface area contributed by atoms with E-state index in [1.165, 1.54) is 19.3 Å². The predicted octanol–water partition coefficient (Wildman–Crippen LogP) is 6.68. The molecule has 1 aromatic carbocycles. The van der Waals surface area contributed by atoms with Gasteiger partial charge in [-0.1, -0.05) is 59.2 Å². The molecule has 2 rings (SSSR count). The highest BCUT2D eigenvalue weighted by molar-refractivity contribution is 6.70. The molecule has 1 aromatic rings. The maximum atomic E-state index is 10.6. The van der Waals surface area contributed by atoms with Crippen LogP contribution in [-0.4, -0.2) is 36.2 Å². The summed E-state index contributed by atoms with van der Waals surface area (Å²) in [6, 6.07) is 8.57. The molecule has 1 aliphatic rings. The molecule has 1 fully saturated rings. The molecule has 1 saturated heterocycles. The number of nitrogens with zero attached hydrogens (tertiary/aromatic N) is 3. The van der Waals surface area contributed by atoms with Gasteiger partial charge in [0.1, 0.15) is 22.8 Å². The molecule has 33 heavy (non-hydrogen) atoms. The first kappa shape index (κ1) is 32.4. The summed E-state index contributed by atoms with van der Waals surface area (Å²) in [4.78, 5) is 17.2. The largest absolute Gasteiger partial charge is 0.497 e. The molecule has 184 valence electrons. The lowest BCUT2D eigenvalue weighted by molar-refractivity contribution is 0.1000. The summed E-state index contributed by atoms with van der Waals surface area (Å²) in [5.41, 5.74) is 5.74. The molecule has 0 spiro atoms. The number of primary amides is 1. The number of carbonyl (C=O) groups is 1. The SMILES string of the molecule is C=C(C#N)/C(Cl)=N\C(=C/CCC)N1CCCCC1.CC.CC.COc1ccc(C(N)=O)cc1. The number of amides is 1. The number of aliphatic imine (C=N–C) groups is 1. The molecule has 1 heterocycles. The number of hydrogen-bond donors (Lipinski definition) is 1. The van der Waals surface area contributed by atoms with Crippen LogP contribution in [0.15, 0.2) is 53.3 Å². The highest BCUT2D eigenvalue weighted by Crippen LogP contribution is 2.18. The van der Waals surface area contributed by atoms with E-state index in [2.05, 4.69) is 29.5 Å². The number of nitrogens with two attached hydrogens (primary N) is 1. The number of methoxy groups -OCH3 is 1. The summed E-state index contributed by atoms with van der Waals surface area (Å²) in [7, 11) is 1.57. The fraction of sp³-hybridized carbons (Fsp3) is 0.500. The second kappa shape index (κ2) is 21.1. The molecule has 0 atom stereocenters. The molecule has 0 aromatic heterocycles. The van der Waals surface area contributed by atoms with Crippen molar-refractivity contribution in [2.75, 3.05) is 20.2 Å². The molecule has 0 saturated carbocycles. The first-order valence-corrected chi connectivity index (χ1v) is 12.0. The van der Waals surface area contributed by atoms with Crippen molar-refractivity contribution in [2.24, 2.45) is 10.7 Å². The Labute approximate surface area is 205 Å². The van der Waals surface area contributed by atoms with E-state index in [1.807, 2.05) is 33.8 Å². The minimum Gasteiger partial charge on any atom is -0.497 e. The van der Waals surface area contributed by atoms with Gasteiger partial charge in [-0.25, -0.2) is 4.99 Å². The van der Waals surface area contributed by atoms with Gasteiger partial charge >= 0.3 is 0 Å². The molecule has 0 bridgehead atoms. The summed E-state index contributed by atoms with van der Waals surface area (Å²) in [6.07, 6.45) is 7.80. The number of unbranched alkanes of at least 4 members (excludes halogenated alkanes) is 1. The lowest BCUT2D eigenvalue weighted by Gasteiger charge is -2.29. The normalized spacial score (nSPS) is 13.0. The monoisotopic (exact) mass is 476 g/mol. The predicted molar refractivity (Wildman–Crippen MR) is 141 cm³/mol. The summed E-state index contributed by atoms with van der Waals surface area (Å²) >= 11 is 5.98. The van der Waals surface area contributed by atoms with Crippen LogP contribution in [0.5, 0.6) is 5.75 Å². The number of benzene rings is 1. The summed E-state index contributed by atoms with van der Waals surface area (Å²) < 4.78 is 4.90. The summed E-state index contributed by atoms with van der Waals surface area (Å²) in [5.74, 6) is 1.18. The van der Waals surface area contributed by atoms with Gasteiger partial charge in [0.15, 0.2) is 0 Å². The summed E-state index contributed by atoms with van der Waals surface area (Å²) in [6.45, 7) is 15.7. The first-order valence-electron chi connectivity index (χ1n) is 11.6. The fourth-order valence-electron chi connectivity index (χ4n) is 2.61. The van der Waals surface area contributed by atoms with Crippen molar-refractivity contribution in [3.8, 4) is 11.8 Å². The number of nitriles is 1. The van der Waals surface area contributed by atoms with E-state index in [9.17, 15) is 4.79 Å². The van der Waals surface area contributed by atoms with E-state index in [1.54, 1.807) is 31.4 Å². The smallest absolute Gasteiger partial charge is 0.248 e. The average molecular weight is 477 g/mol. The summed E-state index contributed by atoms with van der Waals surface area (Å²) in [5, 5.41) is 8.96. The average Bonchev–Trinajstić information content (AvgIpc) is 2.89. The van der Waals surface area contributed by atoms with Crippen LogP contribution >= 0.6 is 11.6 Å². The van der Waals surface area contributed by atoms with Crippen LogP contribution < -0.4 is 10.5 Å². The van der Waals surface area contributed by atoms with Crippen molar-refractivity contribution in [3.63, 3.8) is 0 Å². The van der Waals surface area contributed by atoms with Gasteiger partial charge < -0.3 is 15.4 Å². The van der Waals surface area contributed by atoms with E-state index in [-0.39, 0.29) is 10.7 Å². The fourth-order valence-corrected chi connectivity index (χ4v) is 2.74. The second-order valence-corrected chi connectivity index (χ2v) is 6.84. The van der Waals surface area contributed by atoms with Crippen molar-refractivity contribution in [3.05, 3.63) is 53.9 Å².